The lowest BCUT2D eigenvalue weighted by Gasteiger charge is -2.23. The number of ether oxygens (including phenoxy) is 2. The van der Waals surface area contributed by atoms with E-state index in [9.17, 15) is 4.79 Å². The van der Waals surface area contributed by atoms with Crippen molar-refractivity contribution in [2.24, 2.45) is 0 Å². The van der Waals surface area contributed by atoms with Gasteiger partial charge in [-0.1, -0.05) is 0 Å². The van der Waals surface area contributed by atoms with Crippen molar-refractivity contribution in [1.29, 1.82) is 0 Å². The quantitative estimate of drug-likeness (QED) is 0.577. The van der Waals surface area contributed by atoms with Crippen LogP contribution in [0.25, 0.3) is 0 Å². The predicted octanol–water partition coefficient (Wildman–Crippen LogP) is 1.12. The van der Waals surface area contributed by atoms with E-state index < -0.39 is 0 Å². The first kappa shape index (κ1) is 8.68. The summed E-state index contributed by atoms with van der Waals surface area (Å²) in [5, 5.41) is 0. The molecule has 11 heavy (non-hydrogen) atoms. The second kappa shape index (κ2) is 4.46. The van der Waals surface area contributed by atoms with E-state index in [0.717, 1.165) is 32.2 Å². The minimum atomic E-state index is -0.335. The maximum Gasteiger partial charge on any atom is 0.158 e. The van der Waals surface area contributed by atoms with Crippen molar-refractivity contribution in [2.45, 2.75) is 38.6 Å². The van der Waals surface area contributed by atoms with Gasteiger partial charge in [-0.15, -0.1) is 0 Å². The Morgan fingerprint density at radius 3 is 3.00 bits per heavy atom. The van der Waals surface area contributed by atoms with Crippen molar-refractivity contribution in [2.75, 3.05) is 6.61 Å². The molecule has 0 spiro atoms. The molecule has 0 aromatic carbocycles. The smallest absolute Gasteiger partial charge is 0.158 e. The van der Waals surface area contributed by atoms with Crippen LogP contribution >= 0.6 is 0 Å². The summed E-state index contributed by atoms with van der Waals surface area (Å²) in [6.07, 6.45) is 3.46. The van der Waals surface area contributed by atoms with Crippen LogP contribution in [0.1, 0.15) is 26.2 Å². The molecule has 64 valence electrons. The van der Waals surface area contributed by atoms with E-state index in [1.54, 1.807) is 6.92 Å². The van der Waals surface area contributed by atoms with Crippen LogP contribution in [-0.4, -0.2) is 25.3 Å². The van der Waals surface area contributed by atoms with Gasteiger partial charge in [0.15, 0.2) is 6.29 Å². The summed E-state index contributed by atoms with van der Waals surface area (Å²) in [5.74, 6) is 0. The van der Waals surface area contributed by atoms with E-state index in [1.807, 2.05) is 0 Å². The van der Waals surface area contributed by atoms with Gasteiger partial charge in [-0.3, -0.25) is 0 Å². The molecule has 0 radical (unpaired) electrons. The second-order valence-corrected chi connectivity index (χ2v) is 2.77. The highest BCUT2D eigenvalue weighted by Gasteiger charge is 2.16. The fourth-order valence-corrected chi connectivity index (χ4v) is 1.09. The molecule has 3 nitrogen and oxygen atoms in total. The first-order valence-electron chi connectivity index (χ1n) is 4.05. The SMILES string of the molecule is C[C@H](C=O)OC1CCCCO1. The first-order chi connectivity index (χ1) is 5.33. The molecule has 1 saturated heterocycles. The summed E-state index contributed by atoms with van der Waals surface area (Å²) in [4.78, 5) is 10.2. The van der Waals surface area contributed by atoms with E-state index in [0.29, 0.717) is 0 Å². The average Bonchev–Trinajstić information content (AvgIpc) is 2.06. The molecule has 0 bridgehead atoms. The molecule has 3 heteroatoms. The van der Waals surface area contributed by atoms with Crippen molar-refractivity contribution >= 4 is 6.29 Å². The molecule has 2 atom stereocenters. The standard InChI is InChI=1S/C8H14O3/c1-7(6-9)11-8-4-2-3-5-10-8/h6-8H,2-5H2,1H3/t7-,8?/m1/s1. The van der Waals surface area contributed by atoms with E-state index in [-0.39, 0.29) is 12.4 Å². The zero-order valence-corrected chi connectivity index (χ0v) is 6.79. The molecule has 1 aliphatic heterocycles. The Kier molecular flexibility index (Phi) is 3.52. The summed E-state index contributed by atoms with van der Waals surface area (Å²) < 4.78 is 10.5. The van der Waals surface area contributed by atoms with Gasteiger partial charge in [-0.05, 0) is 26.2 Å². The van der Waals surface area contributed by atoms with Crippen molar-refractivity contribution < 1.29 is 14.3 Å². The summed E-state index contributed by atoms with van der Waals surface area (Å²) >= 11 is 0. The predicted molar refractivity (Wildman–Crippen MR) is 40.2 cm³/mol. The molecular weight excluding hydrogens is 144 g/mol. The number of rotatable bonds is 3. The van der Waals surface area contributed by atoms with Crippen LogP contribution in [0.5, 0.6) is 0 Å². The molecular formula is C8H14O3. The molecule has 0 aliphatic carbocycles. The van der Waals surface area contributed by atoms with Gasteiger partial charge in [0.1, 0.15) is 12.4 Å². The lowest BCUT2D eigenvalue weighted by atomic mass is 10.2. The number of aldehydes is 1. The van der Waals surface area contributed by atoms with Crippen LogP contribution in [0, 0.1) is 0 Å². The maximum atomic E-state index is 10.2. The fraction of sp³-hybridized carbons (Fsp3) is 0.875. The van der Waals surface area contributed by atoms with Crippen molar-refractivity contribution in [3.63, 3.8) is 0 Å². The third-order valence-electron chi connectivity index (χ3n) is 1.70. The number of hydrogen-bond donors (Lipinski definition) is 0. The highest BCUT2D eigenvalue weighted by atomic mass is 16.7. The monoisotopic (exact) mass is 158 g/mol. The third-order valence-corrected chi connectivity index (χ3v) is 1.70. The Hall–Kier alpha value is -0.410. The Labute approximate surface area is 66.7 Å². The van der Waals surface area contributed by atoms with Crippen molar-refractivity contribution in [3.05, 3.63) is 0 Å². The summed E-state index contributed by atoms with van der Waals surface area (Å²) in [5.41, 5.74) is 0. The molecule has 1 aliphatic rings. The Balaban J connectivity index is 2.18. The molecule has 0 N–H and O–H groups in total. The number of carbonyl (C=O) groups excluding carboxylic acids is 1. The maximum absolute atomic E-state index is 10.2. The van der Waals surface area contributed by atoms with E-state index in [4.69, 9.17) is 9.47 Å². The molecule has 1 fully saturated rings. The van der Waals surface area contributed by atoms with Gasteiger partial charge >= 0.3 is 0 Å². The minimum absolute atomic E-state index is 0.149. The number of hydrogen-bond acceptors (Lipinski definition) is 3. The van der Waals surface area contributed by atoms with Gasteiger partial charge in [0.25, 0.3) is 0 Å². The molecule has 0 saturated carbocycles. The summed E-state index contributed by atoms with van der Waals surface area (Å²) in [6.45, 7) is 2.49. The first-order valence-corrected chi connectivity index (χ1v) is 4.05. The highest BCUT2D eigenvalue weighted by Crippen LogP contribution is 2.14. The van der Waals surface area contributed by atoms with Crippen LogP contribution in [0.3, 0.4) is 0 Å². The third kappa shape index (κ3) is 2.99. The van der Waals surface area contributed by atoms with Crippen LogP contribution < -0.4 is 0 Å². The molecule has 1 rings (SSSR count). The zero-order valence-electron chi connectivity index (χ0n) is 6.79. The lowest BCUT2D eigenvalue weighted by Crippen LogP contribution is -2.26. The molecule has 1 unspecified atom stereocenters. The van der Waals surface area contributed by atoms with Gasteiger partial charge in [0.2, 0.25) is 0 Å². The van der Waals surface area contributed by atoms with E-state index >= 15 is 0 Å². The summed E-state index contributed by atoms with van der Waals surface area (Å²) in [6, 6.07) is 0. The normalized spacial score (nSPS) is 27.9. The molecule has 1 heterocycles. The van der Waals surface area contributed by atoms with Gasteiger partial charge in [-0.2, -0.15) is 0 Å². The Morgan fingerprint density at radius 1 is 1.64 bits per heavy atom. The van der Waals surface area contributed by atoms with Gasteiger partial charge in [0.05, 0.1) is 0 Å². The van der Waals surface area contributed by atoms with Gasteiger partial charge in [-0.25, -0.2) is 0 Å². The topological polar surface area (TPSA) is 35.5 Å². The lowest BCUT2D eigenvalue weighted by molar-refractivity contribution is -0.183. The fourth-order valence-electron chi connectivity index (χ4n) is 1.09. The van der Waals surface area contributed by atoms with E-state index in [2.05, 4.69) is 0 Å². The minimum Gasteiger partial charge on any atom is -0.353 e. The molecule has 0 amide bonds. The largest absolute Gasteiger partial charge is 0.353 e. The van der Waals surface area contributed by atoms with E-state index in [1.165, 1.54) is 0 Å². The van der Waals surface area contributed by atoms with Crippen LogP contribution in [0.4, 0.5) is 0 Å². The second-order valence-electron chi connectivity index (χ2n) is 2.77. The summed E-state index contributed by atoms with van der Waals surface area (Å²) in [7, 11) is 0. The average molecular weight is 158 g/mol. The van der Waals surface area contributed by atoms with Gasteiger partial charge in [0, 0.05) is 6.61 Å². The Morgan fingerprint density at radius 2 is 2.45 bits per heavy atom. The van der Waals surface area contributed by atoms with Crippen LogP contribution in [0.2, 0.25) is 0 Å². The molecule has 0 aromatic rings. The van der Waals surface area contributed by atoms with Crippen molar-refractivity contribution in [1.82, 2.24) is 0 Å². The van der Waals surface area contributed by atoms with Crippen LogP contribution in [0.15, 0.2) is 0 Å². The highest BCUT2D eigenvalue weighted by molar-refractivity contribution is 5.55. The zero-order chi connectivity index (χ0) is 8.10. The Bertz CT molecular complexity index is 119. The molecule has 0 aromatic heterocycles. The number of carbonyl (C=O) groups is 1. The van der Waals surface area contributed by atoms with Crippen molar-refractivity contribution in [3.8, 4) is 0 Å². The van der Waals surface area contributed by atoms with Gasteiger partial charge < -0.3 is 14.3 Å². The van der Waals surface area contributed by atoms with Crippen LogP contribution in [-0.2, 0) is 14.3 Å².